The lowest BCUT2D eigenvalue weighted by molar-refractivity contribution is -0.139. The molecule has 0 fully saturated rings. The number of carboxylic acid groups (broad SMARTS) is 1. The summed E-state index contributed by atoms with van der Waals surface area (Å²) in [6.45, 7) is 1.46. The minimum atomic E-state index is -1.18. The predicted molar refractivity (Wildman–Crippen MR) is 152 cm³/mol. The van der Waals surface area contributed by atoms with E-state index in [9.17, 15) is 33.6 Å². The maximum Gasteiger partial charge on any atom is 0.303 e. The molecular formula is C24H42N8O8S. The molecule has 0 aliphatic heterocycles. The summed E-state index contributed by atoms with van der Waals surface area (Å²) < 4.78 is 0. The first kappa shape index (κ1) is 37.1. The van der Waals surface area contributed by atoms with Crippen molar-refractivity contribution in [2.24, 2.45) is 5.73 Å². The normalized spacial score (nSPS) is 12.5. The number of aldehydes is 1. The standard InChI is InChI=1S/C24H42N8O8S/c1-15(5-3-10-27-24(25)26)30-19(35)13-28-23(40)17(9-12-41-2)32-20(36)14-29-22(39)16(6-4-11-33)31-18(34)7-8-21(37)38/h11,15-17H,3-10,12-14H2,1-2H3,(H,28,40)(H,29,39)(H,30,35)(H,31,34)(H,32,36)(H,37,38)(H4,25,26,27). The van der Waals surface area contributed by atoms with Crippen LogP contribution in [-0.2, 0) is 33.6 Å². The third-order valence-electron chi connectivity index (χ3n) is 5.44. The van der Waals surface area contributed by atoms with Gasteiger partial charge in [-0.25, -0.2) is 0 Å². The summed E-state index contributed by atoms with van der Waals surface area (Å²) in [4.78, 5) is 83.2. The van der Waals surface area contributed by atoms with Gasteiger partial charge < -0.3 is 47.5 Å². The molecule has 0 radical (unpaired) electrons. The number of amides is 5. The number of hydrogen-bond acceptors (Lipinski definition) is 9. The second-order valence-electron chi connectivity index (χ2n) is 9.05. The molecule has 17 heteroatoms. The lowest BCUT2D eigenvalue weighted by Gasteiger charge is -2.20. The molecule has 0 saturated heterocycles. The molecule has 0 aliphatic rings. The van der Waals surface area contributed by atoms with E-state index in [1.165, 1.54) is 11.8 Å². The van der Waals surface area contributed by atoms with E-state index < -0.39 is 60.6 Å². The Labute approximate surface area is 243 Å². The van der Waals surface area contributed by atoms with Crippen LogP contribution in [0.25, 0.3) is 0 Å². The van der Waals surface area contributed by atoms with Crippen LogP contribution in [0.4, 0.5) is 0 Å². The Hall–Kier alpha value is -3.89. The van der Waals surface area contributed by atoms with Crippen molar-refractivity contribution in [3.8, 4) is 0 Å². The lowest BCUT2D eigenvalue weighted by Crippen LogP contribution is -2.53. The van der Waals surface area contributed by atoms with E-state index in [0.29, 0.717) is 31.4 Å². The number of hydrogen-bond donors (Lipinski definition) is 9. The number of carbonyl (C=O) groups is 7. The Morgan fingerprint density at radius 2 is 1.41 bits per heavy atom. The van der Waals surface area contributed by atoms with Crippen LogP contribution < -0.4 is 37.6 Å². The summed E-state index contributed by atoms with van der Waals surface area (Å²) in [6, 6.07) is -2.31. The van der Waals surface area contributed by atoms with Crippen molar-refractivity contribution in [1.29, 1.82) is 5.41 Å². The van der Waals surface area contributed by atoms with E-state index in [0.717, 1.165) is 0 Å². The first-order valence-electron chi connectivity index (χ1n) is 13.0. The van der Waals surface area contributed by atoms with Crippen LogP contribution in [0.15, 0.2) is 0 Å². The second-order valence-corrected chi connectivity index (χ2v) is 10.0. The van der Waals surface area contributed by atoms with E-state index in [2.05, 4.69) is 31.9 Å². The minimum Gasteiger partial charge on any atom is -0.481 e. The van der Waals surface area contributed by atoms with Gasteiger partial charge in [0.1, 0.15) is 18.4 Å². The largest absolute Gasteiger partial charge is 0.481 e. The van der Waals surface area contributed by atoms with Crippen molar-refractivity contribution < 1.29 is 38.7 Å². The second kappa shape index (κ2) is 21.9. The fourth-order valence-electron chi connectivity index (χ4n) is 3.35. The number of aliphatic carboxylic acids is 1. The Balaban J connectivity index is 4.81. The number of carbonyl (C=O) groups excluding carboxylic acids is 6. The molecule has 0 saturated carbocycles. The van der Waals surface area contributed by atoms with Gasteiger partial charge in [-0.3, -0.25) is 34.2 Å². The molecule has 0 spiro atoms. The van der Waals surface area contributed by atoms with Gasteiger partial charge in [0, 0.05) is 25.4 Å². The molecule has 10 N–H and O–H groups in total. The van der Waals surface area contributed by atoms with Gasteiger partial charge in [-0.2, -0.15) is 11.8 Å². The van der Waals surface area contributed by atoms with Crippen molar-refractivity contribution in [3.05, 3.63) is 0 Å². The Kier molecular flexibility index (Phi) is 19.8. The quantitative estimate of drug-likeness (QED) is 0.0272. The summed E-state index contributed by atoms with van der Waals surface area (Å²) in [6.07, 6.45) is 3.03. The number of nitrogens with two attached hydrogens (primary N) is 1. The maximum absolute atomic E-state index is 12.7. The maximum atomic E-state index is 12.7. The third kappa shape index (κ3) is 19.8. The zero-order chi connectivity index (χ0) is 31.2. The molecule has 232 valence electrons. The zero-order valence-electron chi connectivity index (χ0n) is 23.4. The molecule has 16 nitrogen and oxygen atoms in total. The summed E-state index contributed by atoms with van der Waals surface area (Å²) in [5.74, 6) is -3.93. The molecule has 0 bridgehead atoms. The summed E-state index contributed by atoms with van der Waals surface area (Å²) in [5, 5.41) is 30.9. The predicted octanol–water partition coefficient (Wildman–Crippen LogP) is -2.45. The molecule has 5 amide bonds. The highest BCUT2D eigenvalue weighted by molar-refractivity contribution is 7.98. The van der Waals surface area contributed by atoms with Crippen LogP contribution in [-0.4, -0.2) is 103 Å². The number of thioether (sulfide) groups is 1. The molecule has 0 aromatic rings. The fraction of sp³-hybridized carbons (Fsp3) is 0.667. The first-order valence-corrected chi connectivity index (χ1v) is 14.4. The van der Waals surface area contributed by atoms with Crippen molar-refractivity contribution in [2.45, 2.75) is 70.0 Å². The van der Waals surface area contributed by atoms with Crippen LogP contribution in [0.3, 0.4) is 0 Å². The fourth-order valence-corrected chi connectivity index (χ4v) is 3.82. The number of carboxylic acids is 1. The minimum absolute atomic E-state index is 0.0511. The number of nitrogens with one attached hydrogen (secondary N) is 7. The third-order valence-corrected chi connectivity index (χ3v) is 6.08. The molecular weight excluding hydrogens is 560 g/mol. The van der Waals surface area contributed by atoms with Crippen LogP contribution in [0.2, 0.25) is 0 Å². The monoisotopic (exact) mass is 602 g/mol. The zero-order valence-corrected chi connectivity index (χ0v) is 24.2. The SMILES string of the molecule is CSCCC(NC(=O)CNC(=O)C(CCC=O)NC(=O)CCC(=O)O)C(=O)NCC(=O)NC(C)CCCNC(=N)N. The van der Waals surface area contributed by atoms with Crippen molar-refractivity contribution in [1.82, 2.24) is 31.9 Å². The van der Waals surface area contributed by atoms with E-state index >= 15 is 0 Å². The molecule has 0 rings (SSSR count). The molecule has 0 aromatic heterocycles. The molecule has 3 unspecified atom stereocenters. The molecule has 3 atom stereocenters. The van der Waals surface area contributed by atoms with Gasteiger partial charge in [-0.15, -0.1) is 0 Å². The molecule has 0 aliphatic carbocycles. The lowest BCUT2D eigenvalue weighted by atomic mass is 10.1. The summed E-state index contributed by atoms with van der Waals surface area (Å²) >= 11 is 1.45. The van der Waals surface area contributed by atoms with Crippen molar-refractivity contribution in [2.75, 3.05) is 31.6 Å². The van der Waals surface area contributed by atoms with E-state index in [1.54, 1.807) is 6.92 Å². The summed E-state index contributed by atoms with van der Waals surface area (Å²) in [7, 11) is 0. The topological polar surface area (TPSA) is 262 Å². The Morgan fingerprint density at radius 1 is 0.854 bits per heavy atom. The Morgan fingerprint density at radius 3 is 1.95 bits per heavy atom. The highest BCUT2D eigenvalue weighted by Gasteiger charge is 2.24. The van der Waals surface area contributed by atoms with Crippen LogP contribution >= 0.6 is 11.8 Å². The average Bonchev–Trinajstić information content (AvgIpc) is 2.91. The average molecular weight is 603 g/mol. The van der Waals surface area contributed by atoms with Crippen LogP contribution in [0.1, 0.15) is 51.9 Å². The van der Waals surface area contributed by atoms with Crippen molar-refractivity contribution in [3.63, 3.8) is 0 Å². The summed E-state index contributed by atoms with van der Waals surface area (Å²) in [5.41, 5.74) is 5.21. The Bertz CT molecular complexity index is 920. The van der Waals surface area contributed by atoms with Crippen molar-refractivity contribution >= 4 is 59.5 Å². The van der Waals surface area contributed by atoms with Gasteiger partial charge in [0.2, 0.25) is 29.5 Å². The first-order chi connectivity index (χ1) is 19.4. The molecule has 0 heterocycles. The van der Waals surface area contributed by atoms with Gasteiger partial charge in [0.05, 0.1) is 19.5 Å². The van der Waals surface area contributed by atoms with Crippen LogP contribution in [0, 0.1) is 5.41 Å². The number of guanidine groups is 1. The number of rotatable bonds is 22. The van der Waals surface area contributed by atoms with E-state index in [1.807, 2.05) is 6.26 Å². The highest BCUT2D eigenvalue weighted by Crippen LogP contribution is 2.02. The van der Waals surface area contributed by atoms with E-state index in [-0.39, 0.29) is 44.2 Å². The van der Waals surface area contributed by atoms with Crippen LogP contribution in [0.5, 0.6) is 0 Å². The van der Waals surface area contributed by atoms with Gasteiger partial charge in [-0.1, -0.05) is 0 Å². The van der Waals surface area contributed by atoms with Gasteiger partial charge >= 0.3 is 5.97 Å². The van der Waals surface area contributed by atoms with E-state index in [4.69, 9.17) is 16.2 Å². The smallest absolute Gasteiger partial charge is 0.303 e. The van der Waals surface area contributed by atoms with Gasteiger partial charge in [0.15, 0.2) is 5.96 Å². The van der Waals surface area contributed by atoms with Gasteiger partial charge in [-0.05, 0) is 44.6 Å². The highest BCUT2D eigenvalue weighted by atomic mass is 32.2. The molecule has 41 heavy (non-hydrogen) atoms. The van der Waals surface area contributed by atoms with Gasteiger partial charge in [0.25, 0.3) is 0 Å². The molecule has 0 aromatic carbocycles.